The van der Waals surface area contributed by atoms with E-state index in [-0.39, 0.29) is 24.9 Å². The Morgan fingerprint density at radius 3 is 1.69 bits per heavy atom. The number of alkyl halides is 3. The Kier molecular flexibility index (Phi) is 8.12. The molecule has 0 aliphatic carbocycles. The molecular weight excluding hydrogens is 670 g/mol. The van der Waals surface area contributed by atoms with E-state index in [0.717, 1.165) is 60.1 Å². The van der Waals surface area contributed by atoms with Crippen molar-refractivity contribution >= 4 is 63.7 Å². The summed E-state index contributed by atoms with van der Waals surface area (Å²) in [5.74, 6) is -1.88. The Bertz CT molecular complexity index is 2380. The fraction of sp³-hybridized carbons (Fsp3) is 0.355. The van der Waals surface area contributed by atoms with Crippen molar-refractivity contribution < 1.29 is 30.0 Å². The third kappa shape index (κ3) is 6.22. The summed E-state index contributed by atoms with van der Waals surface area (Å²) in [4.78, 5) is 23.6. The summed E-state index contributed by atoms with van der Waals surface area (Å²) in [5, 5.41) is 5.76. The number of hydrogen-bond acceptors (Lipinski definition) is 8. The van der Waals surface area contributed by atoms with Crippen molar-refractivity contribution in [3.05, 3.63) is 72.8 Å². The number of aromatic nitrogens is 6. The lowest BCUT2D eigenvalue weighted by Gasteiger charge is -2.18. The van der Waals surface area contributed by atoms with Gasteiger partial charge in [0.05, 0.1) is 6.26 Å². The summed E-state index contributed by atoms with van der Waals surface area (Å²) >= 11 is 0. The van der Waals surface area contributed by atoms with Crippen LogP contribution in [0.5, 0.6) is 0 Å². The molecule has 0 spiro atoms. The molecule has 2 saturated heterocycles. The average molecular weight is 701 g/mol. The predicted octanol–water partition coefficient (Wildman–Crippen LogP) is 4.65. The van der Waals surface area contributed by atoms with E-state index in [0.29, 0.717) is 25.2 Å². The van der Waals surface area contributed by atoms with Gasteiger partial charge in [0.2, 0.25) is 20.0 Å². The monoisotopic (exact) mass is 700 g/mol. The number of fused-ring (bicyclic) bond motifs is 6. The number of aromatic amines is 2. The molecule has 2 unspecified atom stereocenters. The Hall–Kier alpha value is -4.19. The van der Waals surface area contributed by atoms with Crippen LogP contribution in [-0.2, 0) is 20.0 Å². The molecule has 0 aromatic carbocycles. The van der Waals surface area contributed by atoms with Crippen LogP contribution < -0.4 is 0 Å². The van der Waals surface area contributed by atoms with Crippen LogP contribution in [0.1, 0.15) is 36.1 Å². The van der Waals surface area contributed by atoms with Gasteiger partial charge in [-0.3, -0.25) is 0 Å². The maximum Gasteiger partial charge on any atom is 0.404 e. The highest BCUT2D eigenvalue weighted by molar-refractivity contribution is 7.89. The second kappa shape index (κ2) is 12.0. The molecule has 48 heavy (non-hydrogen) atoms. The Labute approximate surface area is 273 Å². The highest BCUT2D eigenvalue weighted by Crippen LogP contribution is 2.36. The summed E-state index contributed by atoms with van der Waals surface area (Å²) < 4.78 is 87.7. The Balaban J connectivity index is 0.000000154. The largest absolute Gasteiger partial charge is 0.404 e. The van der Waals surface area contributed by atoms with Crippen molar-refractivity contribution in [2.45, 2.75) is 30.9 Å². The topological polar surface area (TPSA) is 158 Å². The molecular formula is C31H31F3N8O4S2. The van der Waals surface area contributed by atoms with Gasteiger partial charge in [-0.15, -0.1) is 0 Å². The third-order valence-electron chi connectivity index (χ3n) is 8.99. The molecule has 2 atom stereocenters. The minimum Gasteiger partial charge on any atom is -0.364 e. The molecule has 252 valence electrons. The molecule has 17 heteroatoms. The van der Waals surface area contributed by atoms with Crippen molar-refractivity contribution in [3.63, 3.8) is 0 Å². The third-order valence-corrected chi connectivity index (χ3v) is 12.1. The van der Waals surface area contributed by atoms with Gasteiger partial charge < -0.3 is 9.97 Å². The van der Waals surface area contributed by atoms with E-state index in [2.05, 4.69) is 29.9 Å². The van der Waals surface area contributed by atoms with Crippen molar-refractivity contribution in [1.29, 1.82) is 0 Å². The van der Waals surface area contributed by atoms with E-state index in [4.69, 9.17) is 0 Å². The molecule has 0 amide bonds. The minimum absolute atomic E-state index is 0.0198. The number of rotatable bonds is 5. The Morgan fingerprint density at radius 1 is 0.750 bits per heavy atom. The molecule has 8 rings (SSSR count). The van der Waals surface area contributed by atoms with E-state index in [9.17, 15) is 30.0 Å². The number of halogens is 3. The van der Waals surface area contributed by atoms with Crippen LogP contribution in [0.15, 0.2) is 61.4 Å². The molecule has 8 heterocycles. The predicted molar refractivity (Wildman–Crippen MR) is 175 cm³/mol. The smallest absolute Gasteiger partial charge is 0.364 e. The average Bonchev–Trinajstić information content (AvgIpc) is 3.85. The molecule has 2 N–H and O–H groups in total. The number of hydrogen-bond donors (Lipinski definition) is 2. The summed E-state index contributed by atoms with van der Waals surface area (Å²) in [6.45, 7) is 1.18. The first-order valence-electron chi connectivity index (χ1n) is 15.2. The molecule has 0 saturated carbocycles. The highest BCUT2D eigenvalue weighted by Gasteiger charge is 2.41. The quantitative estimate of drug-likeness (QED) is 0.263. The zero-order valence-corrected chi connectivity index (χ0v) is 27.3. The molecule has 0 bridgehead atoms. The molecule has 2 fully saturated rings. The number of nitrogens with zero attached hydrogens (tertiary/aromatic N) is 6. The SMILES string of the molecule is CS(=O)(=O)N1CCC(c2[nH]ccc3cnc4nccc4c23)C1.O=S(=O)(CC(F)(F)F)N1CCC(c2[nH]ccc3cnc4nccc4c23)C1. The van der Waals surface area contributed by atoms with Gasteiger partial charge >= 0.3 is 6.18 Å². The number of H-pyrrole nitrogens is 2. The van der Waals surface area contributed by atoms with Gasteiger partial charge in [0.25, 0.3) is 0 Å². The van der Waals surface area contributed by atoms with Crippen molar-refractivity contribution in [2.75, 3.05) is 38.2 Å². The van der Waals surface area contributed by atoms with Crippen LogP contribution in [0.3, 0.4) is 0 Å². The highest BCUT2D eigenvalue weighted by atomic mass is 32.2. The van der Waals surface area contributed by atoms with Crippen LogP contribution in [0.2, 0.25) is 0 Å². The van der Waals surface area contributed by atoms with E-state index < -0.39 is 32.0 Å². The van der Waals surface area contributed by atoms with Crippen LogP contribution in [0, 0.1) is 0 Å². The fourth-order valence-corrected chi connectivity index (χ4v) is 9.09. The molecule has 6 aromatic heterocycles. The lowest BCUT2D eigenvalue weighted by Crippen LogP contribution is -2.36. The van der Waals surface area contributed by atoms with Crippen LogP contribution >= 0.6 is 0 Å². The lowest BCUT2D eigenvalue weighted by atomic mass is 9.97. The summed E-state index contributed by atoms with van der Waals surface area (Å²) in [7, 11) is -7.51. The molecule has 6 aromatic rings. The molecule has 0 radical (unpaired) electrons. The zero-order chi connectivity index (χ0) is 33.8. The number of pyridine rings is 4. The molecule has 2 aliphatic rings. The second-order valence-corrected chi connectivity index (χ2v) is 16.1. The minimum atomic E-state index is -4.75. The van der Waals surface area contributed by atoms with Crippen molar-refractivity contribution in [3.8, 4) is 0 Å². The van der Waals surface area contributed by atoms with Crippen LogP contribution in [0.25, 0.3) is 43.6 Å². The maximum atomic E-state index is 12.5. The Morgan fingerprint density at radius 2 is 1.23 bits per heavy atom. The normalized spacial score (nSPS) is 19.8. The maximum absolute atomic E-state index is 12.5. The van der Waals surface area contributed by atoms with E-state index in [1.54, 1.807) is 29.1 Å². The number of sulfonamides is 2. The standard InChI is InChI=1S/C16H15F3N4O2S.C15H16N4O2S/c17-16(18,19)9-26(24,25)23-6-3-11(8-23)14-13-10(1-4-20-14)7-22-15-12(13)2-5-21-15;1-22(20,21)19-7-4-11(9-19)14-13-10(2-5-16-14)8-18-15-12(13)3-6-17-15/h1-2,4-5,7,11,20H,3,6,8-9H2;2-3,5-6,8,11,16H,4,7,9H2,1H3. The zero-order valence-electron chi connectivity index (χ0n) is 25.6. The van der Waals surface area contributed by atoms with E-state index >= 15 is 0 Å². The van der Waals surface area contributed by atoms with Gasteiger partial charge in [-0.1, -0.05) is 0 Å². The molecule has 12 nitrogen and oxygen atoms in total. The fourth-order valence-electron chi connectivity index (χ4n) is 6.81. The first-order chi connectivity index (χ1) is 22.8. The van der Waals surface area contributed by atoms with Gasteiger partial charge in [0.15, 0.2) is 17.0 Å². The van der Waals surface area contributed by atoms with Gasteiger partial charge in [-0.2, -0.15) is 13.2 Å². The van der Waals surface area contributed by atoms with Gasteiger partial charge in [-0.05, 0) is 37.1 Å². The summed E-state index contributed by atoms with van der Waals surface area (Å²) in [6, 6.07) is 7.63. The summed E-state index contributed by atoms with van der Waals surface area (Å²) in [5.41, 5.74) is 3.18. The van der Waals surface area contributed by atoms with E-state index in [1.807, 2.05) is 36.7 Å². The van der Waals surface area contributed by atoms with Crippen LogP contribution in [-0.4, -0.2) is 99.7 Å². The van der Waals surface area contributed by atoms with E-state index in [1.165, 1.54) is 6.26 Å². The molecule has 2 aliphatic heterocycles. The van der Waals surface area contributed by atoms with Crippen molar-refractivity contribution in [2.24, 2.45) is 0 Å². The van der Waals surface area contributed by atoms with Crippen molar-refractivity contribution in [1.82, 2.24) is 38.5 Å². The first-order valence-corrected chi connectivity index (χ1v) is 18.7. The number of nitrogens with one attached hydrogen (secondary N) is 2. The lowest BCUT2D eigenvalue weighted by molar-refractivity contribution is -0.107. The first kappa shape index (κ1) is 32.4. The van der Waals surface area contributed by atoms with Gasteiger partial charge in [0, 0.05) is 119 Å². The summed E-state index contributed by atoms with van der Waals surface area (Å²) in [6.07, 6.45) is 8.32. The van der Waals surface area contributed by atoms with Crippen LogP contribution in [0.4, 0.5) is 13.2 Å². The second-order valence-electron chi connectivity index (χ2n) is 12.1. The van der Waals surface area contributed by atoms with Gasteiger partial charge in [-0.25, -0.2) is 45.4 Å². The van der Waals surface area contributed by atoms with Gasteiger partial charge in [0.1, 0.15) is 0 Å².